The van der Waals surface area contributed by atoms with Gasteiger partial charge >= 0.3 is 0 Å². The van der Waals surface area contributed by atoms with Gasteiger partial charge in [0.05, 0.1) is 22.6 Å². The average molecular weight is 378 g/mol. The molecule has 1 heterocycles. The lowest BCUT2D eigenvalue weighted by atomic mass is 10.1. The molecule has 7 nitrogen and oxygen atoms in total. The maximum Gasteiger partial charge on any atom is 0.237 e. The van der Waals surface area contributed by atoms with Crippen molar-refractivity contribution in [3.8, 4) is 11.8 Å². The van der Waals surface area contributed by atoms with Crippen LogP contribution >= 0.6 is 11.8 Å². The highest BCUT2D eigenvalue weighted by molar-refractivity contribution is 8.00. The van der Waals surface area contributed by atoms with Crippen LogP contribution in [0.3, 0.4) is 0 Å². The third-order valence-electron chi connectivity index (χ3n) is 4.16. The SMILES string of the molecule is Cc1cccc(-n2nnnc2SC(C)C(=O)Nc2cccc(C#N)c2)c1C. The van der Waals surface area contributed by atoms with E-state index < -0.39 is 5.25 Å². The second-order valence-corrected chi connectivity index (χ2v) is 7.34. The fourth-order valence-electron chi connectivity index (χ4n) is 2.49. The lowest BCUT2D eigenvalue weighted by Gasteiger charge is -2.13. The number of hydrogen-bond donors (Lipinski definition) is 1. The molecule has 27 heavy (non-hydrogen) atoms. The maximum absolute atomic E-state index is 12.5. The normalized spacial score (nSPS) is 11.6. The Morgan fingerprint density at radius 2 is 2.04 bits per heavy atom. The number of tetrazole rings is 1. The smallest absolute Gasteiger partial charge is 0.237 e. The van der Waals surface area contributed by atoms with Gasteiger partial charge in [0.1, 0.15) is 0 Å². The summed E-state index contributed by atoms with van der Waals surface area (Å²) in [4.78, 5) is 12.5. The Morgan fingerprint density at radius 1 is 1.26 bits per heavy atom. The van der Waals surface area contributed by atoms with Crippen molar-refractivity contribution in [2.45, 2.75) is 31.2 Å². The molecule has 0 aliphatic carbocycles. The average Bonchev–Trinajstić information content (AvgIpc) is 3.12. The predicted molar refractivity (Wildman–Crippen MR) is 104 cm³/mol. The molecule has 2 aromatic carbocycles. The number of thioether (sulfide) groups is 1. The summed E-state index contributed by atoms with van der Waals surface area (Å²) in [5.41, 5.74) is 4.18. The molecule has 0 saturated carbocycles. The third-order valence-corrected chi connectivity index (χ3v) is 5.19. The number of hydrogen-bond acceptors (Lipinski definition) is 6. The first kappa shape index (κ1) is 18.6. The Morgan fingerprint density at radius 3 is 2.81 bits per heavy atom. The fourth-order valence-corrected chi connectivity index (χ4v) is 3.29. The number of aryl methyl sites for hydroxylation is 1. The predicted octanol–water partition coefficient (Wildman–Crippen LogP) is 3.27. The number of nitrogens with zero attached hydrogens (tertiary/aromatic N) is 5. The summed E-state index contributed by atoms with van der Waals surface area (Å²) in [7, 11) is 0. The first-order valence-electron chi connectivity index (χ1n) is 8.32. The molecule has 0 bridgehead atoms. The van der Waals surface area contributed by atoms with E-state index in [1.54, 1.807) is 35.9 Å². The summed E-state index contributed by atoms with van der Waals surface area (Å²) in [5.74, 6) is -0.189. The van der Waals surface area contributed by atoms with Gasteiger partial charge in [-0.05, 0) is 66.6 Å². The third kappa shape index (κ3) is 4.15. The standard InChI is InChI=1S/C19H18N6OS/c1-12-6-4-9-17(13(12)2)25-19(22-23-24-25)27-14(3)18(26)21-16-8-5-7-15(10-16)11-20/h4-10,14H,1-3H3,(H,21,26). The summed E-state index contributed by atoms with van der Waals surface area (Å²) in [6.07, 6.45) is 0. The van der Waals surface area contributed by atoms with Gasteiger partial charge < -0.3 is 5.32 Å². The van der Waals surface area contributed by atoms with Gasteiger partial charge in [0, 0.05) is 5.69 Å². The summed E-state index contributed by atoms with van der Waals surface area (Å²) in [6, 6.07) is 14.8. The molecule has 1 amide bonds. The van der Waals surface area contributed by atoms with E-state index in [1.807, 2.05) is 32.0 Å². The number of nitrogens with one attached hydrogen (secondary N) is 1. The van der Waals surface area contributed by atoms with Crippen LogP contribution in [0.2, 0.25) is 0 Å². The van der Waals surface area contributed by atoms with Gasteiger partial charge in [-0.15, -0.1) is 5.10 Å². The van der Waals surface area contributed by atoms with E-state index in [-0.39, 0.29) is 5.91 Å². The summed E-state index contributed by atoms with van der Waals surface area (Å²) >= 11 is 1.27. The van der Waals surface area contributed by atoms with Crippen LogP contribution in [0, 0.1) is 25.2 Å². The van der Waals surface area contributed by atoms with Gasteiger partial charge in [-0.1, -0.05) is 30.0 Å². The molecule has 3 aromatic rings. The molecule has 1 atom stereocenters. The van der Waals surface area contributed by atoms with Crippen LogP contribution in [0.5, 0.6) is 0 Å². The van der Waals surface area contributed by atoms with E-state index in [1.165, 1.54) is 11.8 Å². The van der Waals surface area contributed by atoms with Crippen molar-refractivity contribution < 1.29 is 4.79 Å². The zero-order valence-electron chi connectivity index (χ0n) is 15.2. The highest BCUT2D eigenvalue weighted by atomic mass is 32.2. The van der Waals surface area contributed by atoms with Crippen LogP contribution in [0.25, 0.3) is 5.69 Å². The largest absolute Gasteiger partial charge is 0.325 e. The fraction of sp³-hybridized carbons (Fsp3) is 0.211. The quantitative estimate of drug-likeness (QED) is 0.685. The van der Waals surface area contributed by atoms with Crippen molar-refractivity contribution in [2.24, 2.45) is 0 Å². The van der Waals surface area contributed by atoms with E-state index in [4.69, 9.17) is 5.26 Å². The number of rotatable bonds is 5. The number of carbonyl (C=O) groups is 1. The molecule has 1 N–H and O–H groups in total. The monoisotopic (exact) mass is 378 g/mol. The molecular weight excluding hydrogens is 360 g/mol. The van der Waals surface area contributed by atoms with E-state index in [9.17, 15) is 4.79 Å². The Balaban J connectivity index is 1.76. The highest BCUT2D eigenvalue weighted by Crippen LogP contribution is 2.26. The topological polar surface area (TPSA) is 96.5 Å². The van der Waals surface area contributed by atoms with Crippen LogP contribution in [-0.4, -0.2) is 31.4 Å². The van der Waals surface area contributed by atoms with Gasteiger partial charge in [-0.2, -0.15) is 9.94 Å². The van der Waals surface area contributed by atoms with E-state index in [2.05, 4.69) is 26.9 Å². The number of benzene rings is 2. The molecule has 1 unspecified atom stereocenters. The van der Waals surface area contributed by atoms with Gasteiger partial charge in [0.2, 0.25) is 11.1 Å². The second-order valence-electron chi connectivity index (χ2n) is 6.03. The molecule has 0 spiro atoms. The van der Waals surface area contributed by atoms with E-state index in [0.29, 0.717) is 16.4 Å². The molecule has 136 valence electrons. The lowest BCUT2D eigenvalue weighted by molar-refractivity contribution is -0.115. The van der Waals surface area contributed by atoms with Crippen LogP contribution in [0.15, 0.2) is 47.6 Å². The van der Waals surface area contributed by atoms with Crippen LogP contribution in [0.1, 0.15) is 23.6 Å². The highest BCUT2D eigenvalue weighted by Gasteiger charge is 2.20. The molecule has 8 heteroatoms. The van der Waals surface area contributed by atoms with Gasteiger partial charge in [0.15, 0.2) is 0 Å². The molecule has 0 radical (unpaired) electrons. The molecule has 1 aromatic heterocycles. The van der Waals surface area contributed by atoms with Crippen molar-refractivity contribution in [1.82, 2.24) is 20.2 Å². The van der Waals surface area contributed by atoms with Crippen molar-refractivity contribution in [1.29, 1.82) is 5.26 Å². The Bertz CT molecular complexity index is 1020. The van der Waals surface area contributed by atoms with Gasteiger partial charge in [0.25, 0.3) is 0 Å². The summed E-state index contributed by atoms with van der Waals surface area (Å²) in [6.45, 7) is 5.83. The summed E-state index contributed by atoms with van der Waals surface area (Å²) < 4.78 is 1.65. The maximum atomic E-state index is 12.5. The van der Waals surface area contributed by atoms with E-state index >= 15 is 0 Å². The number of anilines is 1. The van der Waals surface area contributed by atoms with Crippen LogP contribution < -0.4 is 5.32 Å². The molecule has 0 saturated heterocycles. The van der Waals surface area contributed by atoms with Crippen LogP contribution in [0.4, 0.5) is 5.69 Å². The second kappa shape index (κ2) is 8.01. The lowest BCUT2D eigenvalue weighted by Crippen LogP contribution is -2.23. The first-order chi connectivity index (χ1) is 13.0. The van der Waals surface area contributed by atoms with Crippen molar-refractivity contribution in [3.05, 3.63) is 59.2 Å². The van der Waals surface area contributed by atoms with Crippen LogP contribution in [-0.2, 0) is 4.79 Å². The molecule has 0 aliphatic rings. The first-order valence-corrected chi connectivity index (χ1v) is 9.20. The molecule has 0 aliphatic heterocycles. The molecular formula is C19H18N6OS. The minimum Gasteiger partial charge on any atom is -0.325 e. The number of nitriles is 1. The number of amides is 1. The summed E-state index contributed by atoms with van der Waals surface area (Å²) in [5, 5.41) is 23.8. The van der Waals surface area contributed by atoms with Crippen molar-refractivity contribution in [3.63, 3.8) is 0 Å². The molecule has 0 fully saturated rings. The van der Waals surface area contributed by atoms with Crippen molar-refractivity contribution in [2.75, 3.05) is 5.32 Å². The Kier molecular flexibility index (Phi) is 5.52. The van der Waals surface area contributed by atoms with E-state index in [0.717, 1.165) is 16.8 Å². The molecule has 3 rings (SSSR count). The number of aromatic nitrogens is 4. The van der Waals surface area contributed by atoms with Gasteiger partial charge in [-0.3, -0.25) is 4.79 Å². The Hall–Kier alpha value is -3.18. The minimum atomic E-state index is -0.425. The minimum absolute atomic E-state index is 0.189. The zero-order chi connectivity index (χ0) is 19.4. The zero-order valence-corrected chi connectivity index (χ0v) is 16.0. The Labute approximate surface area is 161 Å². The van der Waals surface area contributed by atoms with Gasteiger partial charge in [-0.25, -0.2) is 0 Å². The van der Waals surface area contributed by atoms with Crippen molar-refractivity contribution >= 4 is 23.4 Å². The number of carbonyl (C=O) groups excluding carboxylic acids is 1.